The van der Waals surface area contributed by atoms with E-state index in [9.17, 15) is 14.4 Å². The van der Waals surface area contributed by atoms with Gasteiger partial charge in [0.05, 0.1) is 20.0 Å². The zero-order valence-corrected chi connectivity index (χ0v) is 23.8. The van der Waals surface area contributed by atoms with Gasteiger partial charge in [-0.05, 0) is 73.2 Å². The van der Waals surface area contributed by atoms with Crippen LogP contribution in [0.15, 0.2) is 108 Å². The number of rotatable bonds is 11. The normalized spacial score (nSPS) is 11.0. The maximum Gasteiger partial charge on any atom is 0.272 e. The van der Waals surface area contributed by atoms with Crippen LogP contribution in [0.5, 0.6) is 11.5 Å². The van der Waals surface area contributed by atoms with Crippen molar-refractivity contribution in [3.05, 3.63) is 125 Å². The molecule has 0 saturated carbocycles. The number of Topliss-reactive ketones (excluding diaryl/α,β-unsaturated/α-hetero) is 1. The molecular weight excluding hydrogens is 536 g/mol. The zero-order chi connectivity index (χ0) is 29.2. The molecule has 7 nitrogen and oxygen atoms in total. The Morgan fingerprint density at radius 1 is 0.780 bits per heavy atom. The van der Waals surface area contributed by atoms with Gasteiger partial charge in [-0.2, -0.15) is 0 Å². The van der Waals surface area contributed by atoms with E-state index < -0.39 is 5.91 Å². The molecule has 4 aromatic rings. The van der Waals surface area contributed by atoms with Crippen LogP contribution in [-0.2, 0) is 4.79 Å². The van der Waals surface area contributed by atoms with Crippen LogP contribution in [0, 0.1) is 6.92 Å². The summed E-state index contributed by atoms with van der Waals surface area (Å²) >= 11 is 1.39. The SMILES string of the molecule is COc1ccc(C(=O)CSc2ccc(NC(=O)/C(=C/c3ccc(C)cc3)NC(=O)c3ccccc3)cc2)cc1OC. The first-order chi connectivity index (χ1) is 19.9. The van der Waals surface area contributed by atoms with Gasteiger partial charge >= 0.3 is 0 Å². The molecule has 208 valence electrons. The number of carbonyl (C=O) groups excluding carboxylic acids is 3. The van der Waals surface area contributed by atoms with E-state index in [0.29, 0.717) is 28.3 Å². The summed E-state index contributed by atoms with van der Waals surface area (Å²) in [6, 6.07) is 28.6. The first kappa shape index (κ1) is 29.2. The van der Waals surface area contributed by atoms with Crippen molar-refractivity contribution in [2.45, 2.75) is 11.8 Å². The predicted octanol–water partition coefficient (Wildman–Crippen LogP) is 6.40. The van der Waals surface area contributed by atoms with Crippen LogP contribution in [0.2, 0.25) is 0 Å². The molecule has 8 heteroatoms. The largest absolute Gasteiger partial charge is 0.493 e. The summed E-state index contributed by atoms with van der Waals surface area (Å²) in [5.74, 6) is 0.401. The van der Waals surface area contributed by atoms with Crippen molar-refractivity contribution < 1.29 is 23.9 Å². The minimum absolute atomic E-state index is 0.0478. The molecule has 0 bridgehead atoms. The number of hydrogen-bond donors (Lipinski definition) is 2. The van der Waals surface area contributed by atoms with Crippen molar-refractivity contribution in [3.63, 3.8) is 0 Å². The van der Waals surface area contributed by atoms with Crippen LogP contribution in [0.4, 0.5) is 5.69 Å². The molecule has 2 N–H and O–H groups in total. The first-order valence-electron chi connectivity index (χ1n) is 12.8. The highest BCUT2D eigenvalue weighted by molar-refractivity contribution is 8.00. The van der Waals surface area contributed by atoms with Gasteiger partial charge in [0.25, 0.3) is 11.8 Å². The Balaban J connectivity index is 1.42. The number of nitrogens with one attached hydrogen (secondary N) is 2. The second kappa shape index (κ2) is 14.0. The average Bonchev–Trinajstić information content (AvgIpc) is 3.01. The van der Waals surface area contributed by atoms with Gasteiger partial charge < -0.3 is 20.1 Å². The molecule has 0 unspecified atom stereocenters. The molecule has 0 aliphatic rings. The van der Waals surface area contributed by atoms with Crippen LogP contribution >= 0.6 is 11.8 Å². The minimum atomic E-state index is -0.459. The number of aryl methyl sites for hydroxylation is 1. The Kier molecular flexibility index (Phi) is 9.96. The summed E-state index contributed by atoms with van der Waals surface area (Å²) < 4.78 is 10.5. The number of hydrogen-bond acceptors (Lipinski definition) is 6. The van der Waals surface area contributed by atoms with Crippen LogP contribution in [0.1, 0.15) is 31.8 Å². The number of anilines is 1. The van der Waals surface area contributed by atoms with Gasteiger partial charge in [0.1, 0.15) is 5.70 Å². The fraction of sp³-hybridized carbons (Fsp3) is 0.121. The zero-order valence-electron chi connectivity index (χ0n) is 23.0. The van der Waals surface area contributed by atoms with Gasteiger partial charge in [-0.1, -0.05) is 48.0 Å². The summed E-state index contributed by atoms with van der Waals surface area (Å²) in [5, 5.41) is 5.59. The fourth-order valence-electron chi connectivity index (χ4n) is 3.85. The third kappa shape index (κ3) is 8.09. The molecule has 0 fully saturated rings. The van der Waals surface area contributed by atoms with Gasteiger partial charge in [-0.15, -0.1) is 11.8 Å². The second-order valence-electron chi connectivity index (χ2n) is 9.05. The van der Waals surface area contributed by atoms with Gasteiger partial charge in [-0.25, -0.2) is 0 Å². The van der Waals surface area contributed by atoms with E-state index in [0.717, 1.165) is 16.0 Å². The van der Waals surface area contributed by atoms with Crippen molar-refractivity contribution >= 4 is 41.1 Å². The Labute approximate surface area is 243 Å². The maximum atomic E-state index is 13.2. The number of ether oxygens (including phenoxy) is 2. The molecule has 4 rings (SSSR count). The van der Waals surface area contributed by atoms with E-state index in [2.05, 4.69) is 10.6 Å². The Morgan fingerprint density at radius 3 is 2.12 bits per heavy atom. The van der Waals surface area contributed by atoms with Crippen molar-refractivity contribution in [2.24, 2.45) is 0 Å². The highest BCUT2D eigenvalue weighted by Gasteiger charge is 2.16. The highest BCUT2D eigenvalue weighted by Crippen LogP contribution is 2.29. The van der Waals surface area contributed by atoms with Gasteiger partial charge in [0.15, 0.2) is 17.3 Å². The topological polar surface area (TPSA) is 93.7 Å². The van der Waals surface area contributed by atoms with E-state index in [-0.39, 0.29) is 23.1 Å². The molecule has 0 aliphatic heterocycles. The molecule has 4 aromatic carbocycles. The fourth-order valence-corrected chi connectivity index (χ4v) is 4.64. The Bertz CT molecular complexity index is 1550. The molecule has 0 heterocycles. The van der Waals surface area contributed by atoms with Crippen LogP contribution < -0.4 is 20.1 Å². The summed E-state index contributed by atoms with van der Waals surface area (Å²) in [5.41, 5.74) is 3.50. The quantitative estimate of drug-likeness (QED) is 0.124. The molecule has 2 amide bonds. The summed E-state index contributed by atoms with van der Waals surface area (Å²) in [4.78, 5) is 39.6. The van der Waals surface area contributed by atoms with E-state index in [1.807, 2.05) is 49.4 Å². The van der Waals surface area contributed by atoms with Crippen LogP contribution in [0.25, 0.3) is 6.08 Å². The highest BCUT2D eigenvalue weighted by atomic mass is 32.2. The predicted molar refractivity (Wildman–Crippen MR) is 163 cm³/mol. The van der Waals surface area contributed by atoms with Gasteiger partial charge in [0, 0.05) is 21.7 Å². The lowest BCUT2D eigenvalue weighted by Gasteiger charge is -2.12. The van der Waals surface area contributed by atoms with Gasteiger partial charge in [-0.3, -0.25) is 14.4 Å². The molecule has 0 atom stereocenters. The molecule has 0 saturated heterocycles. The lowest BCUT2D eigenvalue weighted by Crippen LogP contribution is -2.30. The maximum absolute atomic E-state index is 13.2. The number of methoxy groups -OCH3 is 2. The van der Waals surface area contributed by atoms with E-state index >= 15 is 0 Å². The molecule has 0 spiro atoms. The second-order valence-corrected chi connectivity index (χ2v) is 10.1. The Hall–Kier alpha value is -4.82. The van der Waals surface area contributed by atoms with Crippen LogP contribution in [0.3, 0.4) is 0 Å². The third-order valence-electron chi connectivity index (χ3n) is 6.10. The molecule has 0 radical (unpaired) electrons. The number of thioether (sulfide) groups is 1. The average molecular weight is 567 g/mol. The van der Waals surface area contributed by atoms with Crippen molar-refractivity contribution in [1.29, 1.82) is 0 Å². The number of benzene rings is 4. The minimum Gasteiger partial charge on any atom is -0.493 e. The van der Waals surface area contributed by atoms with E-state index in [4.69, 9.17) is 9.47 Å². The molecule has 41 heavy (non-hydrogen) atoms. The lowest BCUT2D eigenvalue weighted by atomic mass is 10.1. The monoisotopic (exact) mass is 566 g/mol. The lowest BCUT2D eigenvalue weighted by molar-refractivity contribution is -0.113. The van der Waals surface area contributed by atoms with Crippen molar-refractivity contribution in [1.82, 2.24) is 5.32 Å². The standard InChI is InChI=1S/C33H30N2O5S/c1-22-9-11-23(12-10-22)19-28(35-32(37)24-7-5-4-6-8-24)33(38)34-26-14-16-27(17-15-26)41-21-29(36)25-13-18-30(39-2)31(20-25)40-3/h4-20H,21H2,1-3H3,(H,34,38)(H,35,37)/b28-19-. The smallest absolute Gasteiger partial charge is 0.272 e. The van der Waals surface area contributed by atoms with E-state index in [1.165, 1.54) is 18.9 Å². The molecule has 0 aromatic heterocycles. The number of amides is 2. The first-order valence-corrected chi connectivity index (χ1v) is 13.8. The summed E-state index contributed by atoms with van der Waals surface area (Å²) in [7, 11) is 3.07. The van der Waals surface area contributed by atoms with Crippen LogP contribution in [-0.4, -0.2) is 37.6 Å². The van der Waals surface area contributed by atoms with Gasteiger partial charge in [0.2, 0.25) is 0 Å². The summed E-state index contributed by atoms with van der Waals surface area (Å²) in [6.07, 6.45) is 1.64. The summed E-state index contributed by atoms with van der Waals surface area (Å²) in [6.45, 7) is 1.98. The molecule has 0 aliphatic carbocycles. The number of carbonyl (C=O) groups is 3. The number of ketones is 1. The third-order valence-corrected chi connectivity index (χ3v) is 7.12. The van der Waals surface area contributed by atoms with Crippen molar-refractivity contribution in [3.8, 4) is 11.5 Å². The Morgan fingerprint density at radius 2 is 1.46 bits per heavy atom. The van der Waals surface area contributed by atoms with Crippen molar-refractivity contribution in [2.75, 3.05) is 25.3 Å². The van der Waals surface area contributed by atoms with E-state index in [1.54, 1.807) is 67.8 Å². The molecular formula is C33H30N2O5S.